The van der Waals surface area contributed by atoms with Crippen LogP contribution in [0.3, 0.4) is 0 Å². The molecule has 0 unspecified atom stereocenters. The van der Waals surface area contributed by atoms with Gasteiger partial charge >= 0.3 is 12.1 Å². The zero-order chi connectivity index (χ0) is 13.2. The van der Waals surface area contributed by atoms with Gasteiger partial charge in [-0.05, 0) is 30.4 Å². The molecule has 4 nitrogen and oxygen atoms in total. The van der Waals surface area contributed by atoms with Gasteiger partial charge in [-0.25, -0.2) is 4.79 Å². The molecule has 0 bridgehead atoms. The third-order valence-electron chi connectivity index (χ3n) is 1.77. The molecule has 1 aromatic carbocycles. The minimum absolute atomic E-state index is 0.121. The molecule has 0 fully saturated rings. The molecule has 0 saturated heterocycles. The second-order valence-electron chi connectivity index (χ2n) is 3.09. The van der Waals surface area contributed by atoms with Crippen LogP contribution in [0, 0.1) is 0 Å². The molecule has 92 valence electrons. The average Bonchev–Trinajstić information content (AvgIpc) is 2.14. The number of anilines is 1. The molecule has 0 aliphatic carbocycles. The van der Waals surface area contributed by atoms with Gasteiger partial charge in [0.1, 0.15) is 0 Å². The molecule has 4 N–H and O–H groups in total. The Morgan fingerprint density at radius 1 is 1.35 bits per heavy atom. The smallest absolute Gasteiger partial charge is 0.416 e. The normalized spacial score (nSPS) is 11.0. The van der Waals surface area contributed by atoms with Gasteiger partial charge in [0.2, 0.25) is 0 Å². The Morgan fingerprint density at radius 3 is 2.35 bits per heavy atom. The maximum Gasteiger partial charge on any atom is 0.416 e. The number of carboxylic acid groups (broad SMARTS) is 1. The van der Waals surface area contributed by atoms with Gasteiger partial charge in [0, 0.05) is 5.69 Å². The van der Waals surface area contributed by atoms with Crippen LogP contribution in [-0.4, -0.2) is 16.2 Å². The fraction of sp³-hybridized carbons (Fsp3) is 0.111. The van der Waals surface area contributed by atoms with Crippen LogP contribution in [0.25, 0.3) is 0 Å². The van der Waals surface area contributed by atoms with E-state index in [1.807, 2.05) is 0 Å². The maximum atomic E-state index is 12.5. The van der Waals surface area contributed by atoms with E-state index in [9.17, 15) is 18.0 Å². The van der Waals surface area contributed by atoms with Crippen molar-refractivity contribution in [3.05, 3.63) is 29.3 Å². The molecule has 0 aliphatic rings. The van der Waals surface area contributed by atoms with E-state index < -0.39 is 23.3 Å². The van der Waals surface area contributed by atoms with Gasteiger partial charge in [-0.15, -0.1) is 0 Å². The monoisotopic (exact) mass is 264 g/mol. The summed E-state index contributed by atoms with van der Waals surface area (Å²) in [5.41, 5.74) is 3.39. The standard InChI is InChI=1S/C9H7F3N2O2S/c10-9(11,12)5-1-4(7(15)16)2-6(3-5)14-8(13)17/h1-3H,(H,15,16)(H3,13,14,17). The van der Waals surface area contributed by atoms with Crippen molar-refractivity contribution in [3.63, 3.8) is 0 Å². The van der Waals surface area contributed by atoms with E-state index in [1.54, 1.807) is 0 Å². The van der Waals surface area contributed by atoms with Crippen molar-refractivity contribution in [2.24, 2.45) is 5.73 Å². The van der Waals surface area contributed by atoms with Crippen LogP contribution in [0.5, 0.6) is 0 Å². The van der Waals surface area contributed by atoms with E-state index in [1.165, 1.54) is 0 Å². The molecule has 0 radical (unpaired) electrons. The summed E-state index contributed by atoms with van der Waals surface area (Å²) >= 11 is 4.46. The van der Waals surface area contributed by atoms with Crippen molar-refractivity contribution in [3.8, 4) is 0 Å². The fourth-order valence-electron chi connectivity index (χ4n) is 1.13. The largest absolute Gasteiger partial charge is 0.478 e. The first-order valence-corrected chi connectivity index (χ1v) is 4.63. The van der Waals surface area contributed by atoms with Gasteiger partial charge in [0.05, 0.1) is 11.1 Å². The first kappa shape index (κ1) is 13.2. The summed E-state index contributed by atoms with van der Waals surface area (Å²) in [5, 5.41) is 10.7. The summed E-state index contributed by atoms with van der Waals surface area (Å²) in [6.45, 7) is 0. The zero-order valence-electron chi connectivity index (χ0n) is 8.21. The molecule has 0 amide bonds. The van der Waals surface area contributed by atoms with Crippen molar-refractivity contribution < 1.29 is 23.1 Å². The predicted octanol–water partition coefficient (Wildman–Crippen LogP) is 2.06. The lowest BCUT2D eigenvalue weighted by atomic mass is 10.1. The molecule has 1 aromatic rings. The van der Waals surface area contributed by atoms with E-state index in [4.69, 9.17) is 10.8 Å². The topological polar surface area (TPSA) is 75.3 Å². The first-order valence-electron chi connectivity index (χ1n) is 4.22. The number of nitrogens with two attached hydrogens (primary N) is 1. The predicted molar refractivity (Wildman–Crippen MR) is 58.8 cm³/mol. The number of thiocarbonyl (C=S) groups is 1. The lowest BCUT2D eigenvalue weighted by Gasteiger charge is -2.11. The Labute approximate surface area is 99.2 Å². The van der Waals surface area contributed by atoms with Crippen molar-refractivity contribution in [1.29, 1.82) is 0 Å². The lowest BCUT2D eigenvalue weighted by Crippen LogP contribution is -2.20. The fourth-order valence-corrected chi connectivity index (χ4v) is 1.25. The molecule has 1 rings (SSSR count). The number of carboxylic acids is 1. The van der Waals surface area contributed by atoms with E-state index in [-0.39, 0.29) is 10.8 Å². The van der Waals surface area contributed by atoms with Gasteiger partial charge in [-0.3, -0.25) is 0 Å². The molecule has 0 aliphatic heterocycles. The summed E-state index contributed by atoms with van der Waals surface area (Å²) in [6, 6.07) is 2.27. The van der Waals surface area contributed by atoms with Gasteiger partial charge in [-0.2, -0.15) is 13.2 Å². The lowest BCUT2D eigenvalue weighted by molar-refractivity contribution is -0.137. The van der Waals surface area contributed by atoms with E-state index >= 15 is 0 Å². The summed E-state index contributed by atoms with van der Waals surface area (Å²) in [7, 11) is 0. The number of hydrogen-bond donors (Lipinski definition) is 3. The highest BCUT2D eigenvalue weighted by molar-refractivity contribution is 7.80. The Morgan fingerprint density at radius 2 is 1.94 bits per heavy atom. The molecular formula is C9H7F3N2O2S. The van der Waals surface area contributed by atoms with Gasteiger partial charge < -0.3 is 16.2 Å². The number of alkyl halides is 3. The first-order chi connectivity index (χ1) is 7.70. The Bertz CT molecular complexity index is 474. The summed E-state index contributed by atoms with van der Waals surface area (Å²) in [4.78, 5) is 10.7. The number of aromatic carboxylic acids is 1. The van der Waals surface area contributed by atoms with Crippen molar-refractivity contribution in [2.45, 2.75) is 6.18 Å². The summed E-state index contributed by atoms with van der Waals surface area (Å²) < 4.78 is 37.4. The van der Waals surface area contributed by atoms with Gasteiger partial charge in [0.15, 0.2) is 5.11 Å². The highest BCUT2D eigenvalue weighted by Gasteiger charge is 2.31. The number of benzene rings is 1. The third-order valence-corrected chi connectivity index (χ3v) is 1.88. The number of hydrogen-bond acceptors (Lipinski definition) is 2. The Hall–Kier alpha value is -1.83. The van der Waals surface area contributed by atoms with Crippen LogP contribution < -0.4 is 11.1 Å². The molecule has 0 spiro atoms. The van der Waals surface area contributed by atoms with E-state index in [2.05, 4.69) is 17.5 Å². The number of nitrogens with one attached hydrogen (secondary N) is 1. The second-order valence-corrected chi connectivity index (χ2v) is 3.53. The zero-order valence-corrected chi connectivity index (χ0v) is 9.02. The number of halogens is 3. The highest BCUT2D eigenvalue weighted by atomic mass is 32.1. The molecular weight excluding hydrogens is 257 g/mol. The minimum Gasteiger partial charge on any atom is -0.478 e. The number of carbonyl (C=O) groups is 1. The summed E-state index contributed by atoms with van der Waals surface area (Å²) in [6.07, 6.45) is -4.64. The maximum absolute atomic E-state index is 12.5. The highest BCUT2D eigenvalue weighted by Crippen LogP contribution is 2.32. The van der Waals surface area contributed by atoms with Crippen LogP contribution in [0.15, 0.2) is 18.2 Å². The summed E-state index contributed by atoms with van der Waals surface area (Å²) in [5.74, 6) is -1.47. The third kappa shape index (κ3) is 3.59. The Kier molecular flexibility index (Phi) is 3.56. The molecule has 0 heterocycles. The Balaban J connectivity index is 3.28. The minimum atomic E-state index is -4.64. The molecule has 0 saturated carbocycles. The van der Waals surface area contributed by atoms with Gasteiger partial charge in [-0.1, -0.05) is 0 Å². The molecule has 17 heavy (non-hydrogen) atoms. The van der Waals surface area contributed by atoms with Crippen LogP contribution in [0.4, 0.5) is 18.9 Å². The number of rotatable bonds is 2. The van der Waals surface area contributed by atoms with Crippen LogP contribution in [-0.2, 0) is 6.18 Å². The quantitative estimate of drug-likeness (QED) is 0.713. The van der Waals surface area contributed by atoms with Crippen LogP contribution >= 0.6 is 12.2 Å². The van der Waals surface area contributed by atoms with Crippen LogP contribution in [0.1, 0.15) is 15.9 Å². The van der Waals surface area contributed by atoms with Gasteiger partial charge in [0.25, 0.3) is 0 Å². The van der Waals surface area contributed by atoms with Crippen molar-refractivity contribution in [2.75, 3.05) is 5.32 Å². The SMILES string of the molecule is NC(=S)Nc1cc(C(=O)O)cc(C(F)(F)F)c1. The molecule has 0 atom stereocenters. The van der Waals surface area contributed by atoms with Crippen LogP contribution in [0.2, 0.25) is 0 Å². The van der Waals surface area contributed by atoms with E-state index in [0.29, 0.717) is 6.07 Å². The second kappa shape index (κ2) is 4.58. The molecule has 0 aromatic heterocycles. The average molecular weight is 264 g/mol. The van der Waals surface area contributed by atoms with Crippen molar-refractivity contribution in [1.82, 2.24) is 0 Å². The van der Waals surface area contributed by atoms with E-state index in [0.717, 1.165) is 12.1 Å². The molecule has 8 heteroatoms. The van der Waals surface area contributed by atoms with Crippen molar-refractivity contribution >= 4 is 29.0 Å².